The van der Waals surface area contributed by atoms with Crippen LogP contribution in [0.1, 0.15) is 66.5 Å². The molecule has 0 amide bonds. The summed E-state index contributed by atoms with van der Waals surface area (Å²) in [6.45, 7) is 7.30. The minimum absolute atomic E-state index is 0.220. The highest BCUT2D eigenvalue weighted by atomic mass is 16.7. The van der Waals surface area contributed by atoms with E-state index < -0.39 is 122 Å². The standard InChI is InChI=1S/C36H47NO20/c1-16(38)46-14-27-29(50-18(3)40)31(52-20(5)42)33(54-22(7)44)35(56-27)48-12-24-9-25(11-26(37)10-24)13-49-36-34(55-23(8)45)32(53-21(6)43)30(51-19(4)41)28(57-36)15-47-17(2)39/h9-11,27-36H,12-15,37H2,1-8H3/t27-,28-,29-,30-,31+,32+,33-,34-,35-,36-/m1/s1. The van der Waals surface area contributed by atoms with Gasteiger partial charge in [0.1, 0.15) is 25.4 Å². The lowest BCUT2D eigenvalue weighted by atomic mass is 9.98. The second-order valence-corrected chi connectivity index (χ2v) is 12.8. The molecule has 2 heterocycles. The number of hydrogen-bond donors (Lipinski definition) is 1. The van der Waals surface area contributed by atoms with Crippen molar-refractivity contribution in [2.45, 2.75) is 130 Å². The Morgan fingerprint density at radius 2 is 0.754 bits per heavy atom. The van der Waals surface area contributed by atoms with Gasteiger partial charge in [0.25, 0.3) is 0 Å². The number of ether oxygens (including phenoxy) is 12. The zero-order valence-electron chi connectivity index (χ0n) is 32.6. The maximum Gasteiger partial charge on any atom is 0.303 e. The maximum atomic E-state index is 12.2. The van der Waals surface area contributed by atoms with Crippen molar-refractivity contribution in [1.29, 1.82) is 0 Å². The lowest BCUT2D eigenvalue weighted by molar-refractivity contribution is -0.311. The molecule has 10 atom stereocenters. The Hall–Kier alpha value is -5.38. The van der Waals surface area contributed by atoms with Crippen LogP contribution in [0.4, 0.5) is 5.69 Å². The van der Waals surface area contributed by atoms with Gasteiger partial charge in [-0.1, -0.05) is 6.07 Å². The van der Waals surface area contributed by atoms with Gasteiger partial charge in [-0.3, -0.25) is 38.4 Å². The van der Waals surface area contributed by atoms with Gasteiger partial charge in [-0.05, 0) is 23.3 Å². The SMILES string of the molecule is CC(=O)OC[C@H]1O[C@@H](OCc2cc(N)cc(CO[C@@H]3O[C@H](COC(C)=O)[C@@H](OC(C)=O)[C@H](OC(C)=O)[C@H]3OC(C)=O)c2)[C@H](OC(C)=O)[C@@H](OC(C)=O)[C@@H]1OC(C)=O. The minimum atomic E-state index is -1.48. The summed E-state index contributed by atoms with van der Waals surface area (Å²) in [6, 6.07) is 4.65. The Morgan fingerprint density at radius 1 is 0.456 bits per heavy atom. The molecule has 0 saturated carbocycles. The van der Waals surface area contributed by atoms with E-state index in [1.54, 1.807) is 6.07 Å². The fraction of sp³-hybridized carbons (Fsp3) is 0.611. The fourth-order valence-electron chi connectivity index (χ4n) is 5.96. The second-order valence-electron chi connectivity index (χ2n) is 12.8. The molecule has 316 valence electrons. The van der Waals surface area contributed by atoms with E-state index in [-0.39, 0.29) is 18.9 Å². The number of nitrogen functional groups attached to an aromatic ring is 1. The van der Waals surface area contributed by atoms with Gasteiger partial charge in [0, 0.05) is 61.1 Å². The summed E-state index contributed by atoms with van der Waals surface area (Å²) in [5.41, 5.74) is 7.24. The summed E-state index contributed by atoms with van der Waals surface area (Å²) < 4.78 is 66.7. The summed E-state index contributed by atoms with van der Waals surface area (Å²) in [7, 11) is 0. The Kier molecular flexibility index (Phi) is 17.1. The van der Waals surface area contributed by atoms with Gasteiger partial charge < -0.3 is 62.6 Å². The van der Waals surface area contributed by atoms with Gasteiger partial charge >= 0.3 is 47.8 Å². The average Bonchev–Trinajstić information content (AvgIpc) is 3.07. The van der Waals surface area contributed by atoms with E-state index in [4.69, 9.17) is 62.6 Å². The molecule has 2 aliphatic rings. The predicted molar refractivity (Wildman–Crippen MR) is 184 cm³/mol. The monoisotopic (exact) mass is 813 g/mol. The second kappa shape index (κ2) is 21.2. The summed E-state index contributed by atoms with van der Waals surface area (Å²) in [6.07, 6.45) is -14.1. The first-order valence-corrected chi connectivity index (χ1v) is 17.5. The maximum absolute atomic E-state index is 12.2. The van der Waals surface area contributed by atoms with Crippen LogP contribution in [0.5, 0.6) is 0 Å². The van der Waals surface area contributed by atoms with E-state index in [0.29, 0.717) is 11.1 Å². The number of esters is 8. The van der Waals surface area contributed by atoms with Gasteiger partial charge in [-0.25, -0.2) is 0 Å². The van der Waals surface area contributed by atoms with E-state index >= 15 is 0 Å². The molecule has 21 heteroatoms. The third-order valence-corrected chi connectivity index (χ3v) is 7.80. The molecular formula is C36H47NO20. The van der Waals surface area contributed by atoms with Gasteiger partial charge in [0.2, 0.25) is 0 Å². The third-order valence-electron chi connectivity index (χ3n) is 7.80. The van der Waals surface area contributed by atoms with Crippen LogP contribution in [0.2, 0.25) is 0 Å². The highest BCUT2D eigenvalue weighted by Gasteiger charge is 2.54. The number of nitrogens with two attached hydrogens (primary N) is 1. The quantitative estimate of drug-likeness (QED) is 0.135. The molecule has 0 spiro atoms. The smallest absolute Gasteiger partial charge is 0.303 e. The Balaban J connectivity index is 1.91. The molecule has 0 aromatic heterocycles. The van der Waals surface area contributed by atoms with Crippen molar-refractivity contribution in [3.63, 3.8) is 0 Å². The molecule has 0 bridgehead atoms. The molecule has 2 aliphatic heterocycles. The first-order chi connectivity index (χ1) is 26.7. The number of rotatable bonds is 16. The lowest BCUT2D eigenvalue weighted by Gasteiger charge is -2.44. The van der Waals surface area contributed by atoms with Crippen molar-refractivity contribution in [3.8, 4) is 0 Å². The molecule has 2 fully saturated rings. The number of carbonyl (C=O) groups excluding carboxylic acids is 8. The van der Waals surface area contributed by atoms with Crippen LogP contribution in [0.25, 0.3) is 0 Å². The van der Waals surface area contributed by atoms with E-state index in [1.165, 1.54) is 12.1 Å². The Bertz CT molecular complexity index is 1530. The van der Waals surface area contributed by atoms with Gasteiger partial charge in [-0.2, -0.15) is 0 Å². The minimum Gasteiger partial charge on any atom is -0.463 e. The first-order valence-electron chi connectivity index (χ1n) is 17.5. The molecule has 1 aromatic rings. The van der Waals surface area contributed by atoms with Crippen molar-refractivity contribution in [1.82, 2.24) is 0 Å². The van der Waals surface area contributed by atoms with Crippen molar-refractivity contribution in [3.05, 3.63) is 29.3 Å². The van der Waals surface area contributed by atoms with E-state index in [2.05, 4.69) is 0 Å². The van der Waals surface area contributed by atoms with Crippen molar-refractivity contribution < 1.29 is 95.2 Å². The summed E-state index contributed by atoms with van der Waals surface area (Å²) >= 11 is 0. The molecule has 3 rings (SSSR count). The summed E-state index contributed by atoms with van der Waals surface area (Å²) in [5.74, 6) is -6.26. The fourth-order valence-corrected chi connectivity index (χ4v) is 5.96. The Labute approximate surface area is 326 Å². The lowest BCUT2D eigenvalue weighted by Crippen LogP contribution is -2.62. The molecule has 2 saturated heterocycles. The van der Waals surface area contributed by atoms with E-state index in [9.17, 15) is 38.4 Å². The number of benzene rings is 1. The third kappa shape index (κ3) is 14.6. The molecule has 0 unspecified atom stereocenters. The van der Waals surface area contributed by atoms with E-state index in [0.717, 1.165) is 55.4 Å². The topological polar surface area (TPSA) is 273 Å². The van der Waals surface area contributed by atoms with Crippen LogP contribution in [0.3, 0.4) is 0 Å². The van der Waals surface area contributed by atoms with Crippen molar-refractivity contribution in [2.75, 3.05) is 18.9 Å². The van der Waals surface area contributed by atoms with E-state index in [1.807, 2.05) is 0 Å². The zero-order chi connectivity index (χ0) is 42.6. The molecule has 0 radical (unpaired) electrons. The molecule has 1 aromatic carbocycles. The first kappa shape index (κ1) is 46.0. The van der Waals surface area contributed by atoms with Crippen LogP contribution in [0, 0.1) is 0 Å². The van der Waals surface area contributed by atoms with Crippen LogP contribution in [-0.4, -0.2) is 122 Å². The van der Waals surface area contributed by atoms with Crippen LogP contribution < -0.4 is 5.73 Å². The highest BCUT2D eigenvalue weighted by molar-refractivity contribution is 5.70. The van der Waals surface area contributed by atoms with Crippen LogP contribution in [0.15, 0.2) is 18.2 Å². The Morgan fingerprint density at radius 3 is 1.05 bits per heavy atom. The largest absolute Gasteiger partial charge is 0.463 e. The molecule has 2 N–H and O–H groups in total. The van der Waals surface area contributed by atoms with Crippen LogP contribution >= 0.6 is 0 Å². The normalized spacial score (nSPS) is 26.8. The zero-order valence-corrected chi connectivity index (χ0v) is 32.6. The van der Waals surface area contributed by atoms with Crippen LogP contribution in [-0.2, 0) is 108 Å². The molecule has 21 nitrogen and oxygen atoms in total. The highest BCUT2D eigenvalue weighted by Crippen LogP contribution is 2.32. The van der Waals surface area contributed by atoms with Crippen molar-refractivity contribution >= 4 is 53.4 Å². The molecule has 0 aliphatic carbocycles. The van der Waals surface area contributed by atoms with Gasteiger partial charge in [-0.15, -0.1) is 0 Å². The summed E-state index contributed by atoms with van der Waals surface area (Å²) in [4.78, 5) is 96.1. The van der Waals surface area contributed by atoms with Gasteiger partial charge in [0.15, 0.2) is 49.2 Å². The summed E-state index contributed by atoms with van der Waals surface area (Å²) in [5, 5.41) is 0. The number of carbonyl (C=O) groups is 8. The molecular weight excluding hydrogens is 766 g/mol. The average molecular weight is 814 g/mol. The number of hydrogen-bond acceptors (Lipinski definition) is 21. The predicted octanol–water partition coefficient (Wildman–Crippen LogP) is 0.468. The number of anilines is 1. The molecule has 57 heavy (non-hydrogen) atoms. The van der Waals surface area contributed by atoms with Gasteiger partial charge in [0.05, 0.1) is 13.2 Å². The van der Waals surface area contributed by atoms with Crippen molar-refractivity contribution in [2.24, 2.45) is 0 Å².